The van der Waals surface area contributed by atoms with E-state index >= 15 is 0 Å². The number of allylic oxidation sites excluding steroid dienone is 1. The minimum Gasteiger partial charge on any atom is -0.354 e. The molecule has 0 spiro atoms. The molecule has 0 amide bonds. The lowest BCUT2D eigenvalue weighted by Crippen LogP contribution is -1.98. The van der Waals surface area contributed by atoms with Gasteiger partial charge in [-0.3, -0.25) is 10.1 Å². The van der Waals surface area contributed by atoms with E-state index in [0.29, 0.717) is 0 Å². The summed E-state index contributed by atoms with van der Waals surface area (Å²) < 4.78 is 0. The molecule has 0 aliphatic heterocycles. The van der Waals surface area contributed by atoms with Crippen LogP contribution in [-0.2, 0) is 0 Å². The summed E-state index contributed by atoms with van der Waals surface area (Å²) in [6.45, 7) is 10.3. The van der Waals surface area contributed by atoms with E-state index in [1.807, 2.05) is 49.6 Å². The van der Waals surface area contributed by atoms with E-state index in [9.17, 15) is 0 Å². The monoisotopic (exact) mass is 549 g/mol. The predicted octanol–water partition coefficient (Wildman–Crippen LogP) is 9.62. The number of aromatic amines is 2. The summed E-state index contributed by atoms with van der Waals surface area (Å²) in [5, 5.41) is 13.5. The highest BCUT2D eigenvalue weighted by molar-refractivity contribution is 7.16. The zero-order valence-corrected chi connectivity index (χ0v) is 23.3. The number of hydrogen-bond donors (Lipinski definition) is 3. The Bertz CT molecular complexity index is 2080. The average molecular weight is 550 g/mol. The van der Waals surface area contributed by atoms with Crippen molar-refractivity contribution in [2.45, 2.75) is 6.92 Å². The number of nitrogens with one attached hydrogen (secondary N) is 3. The number of pyridine rings is 1. The summed E-state index contributed by atoms with van der Waals surface area (Å²) in [7, 11) is 0. The first-order valence-electron chi connectivity index (χ1n) is 13.4. The largest absolute Gasteiger partial charge is 0.354 e. The van der Waals surface area contributed by atoms with Crippen molar-refractivity contribution in [2.75, 3.05) is 5.32 Å². The lowest BCUT2D eigenvalue weighted by atomic mass is 10.0. The fourth-order valence-electron chi connectivity index (χ4n) is 5.16. The smallest absolute Gasteiger partial charge is 0.116 e. The van der Waals surface area contributed by atoms with Crippen LogP contribution in [-0.4, -0.2) is 20.2 Å². The van der Waals surface area contributed by atoms with Gasteiger partial charge in [0.1, 0.15) is 5.69 Å². The molecule has 3 aromatic carbocycles. The number of anilines is 1. The lowest BCUT2D eigenvalue weighted by Gasteiger charge is -2.11. The number of fused-ring (bicyclic) bond motifs is 2. The third kappa shape index (κ3) is 4.64. The molecule has 5 nitrogen and oxygen atoms in total. The normalized spacial score (nSPS) is 11.2. The first-order valence-corrected chi connectivity index (χ1v) is 14.2. The van der Waals surface area contributed by atoms with E-state index in [1.54, 1.807) is 11.3 Å². The van der Waals surface area contributed by atoms with Crippen molar-refractivity contribution >= 4 is 50.1 Å². The minimum atomic E-state index is 0.828. The Hall–Kier alpha value is -5.20. The number of aromatic nitrogens is 4. The van der Waals surface area contributed by atoms with Crippen LogP contribution in [0.2, 0.25) is 0 Å². The molecule has 4 heterocycles. The Kier molecular flexibility index (Phi) is 6.10. The third-order valence-electron chi connectivity index (χ3n) is 7.26. The molecular formula is C35H27N5S. The van der Waals surface area contributed by atoms with Gasteiger partial charge < -0.3 is 10.3 Å². The quantitative estimate of drug-likeness (QED) is 0.185. The van der Waals surface area contributed by atoms with E-state index < -0.39 is 0 Å². The highest BCUT2D eigenvalue weighted by atomic mass is 32.1. The van der Waals surface area contributed by atoms with Crippen molar-refractivity contribution in [1.82, 2.24) is 20.2 Å². The Balaban J connectivity index is 1.24. The van der Waals surface area contributed by atoms with E-state index in [1.165, 1.54) is 20.7 Å². The summed E-state index contributed by atoms with van der Waals surface area (Å²) >= 11 is 1.77. The molecule has 41 heavy (non-hydrogen) atoms. The average Bonchev–Trinajstić information content (AvgIpc) is 3.75. The topological polar surface area (TPSA) is 69.4 Å². The van der Waals surface area contributed by atoms with Gasteiger partial charge in [-0.05, 0) is 66.1 Å². The molecule has 0 bridgehead atoms. The molecule has 0 saturated heterocycles. The van der Waals surface area contributed by atoms with Crippen LogP contribution in [0.3, 0.4) is 0 Å². The van der Waals surface area contributed by atoms with Gasteiger partial charge >= 0.3 is 0 Å². The van der Waals surface area contributed by atoms with Crippen LogP contribution in [0.25, 0.3) is 66.0 Å². The highest BCUT2D eigenvalue weighted by Gasteiger charge is 2.15. The number of hydrogen-bond acceptors (Lipinski definition) is 4. The molecular weight excluding hydrogens is 522 g/mol. The number of nitrogens with zero attached hydrogens (tertiary/aromatic N) is 2. The number of rotatable bonds is 7. The maximum atomic E-state index is 4.71. The zero-order valence-electron chi connectivity index (χ0n) is 22.5. The van der Waals surface area contributed by atoms with Crippen LogP contribution >= 0.6 is 11.3 Å². The fraction of sp³-hybridized carbons (Fsp3) is 0.0286. The molecule has 4 aromatic heterocycles. The second-order valence-corrected chi connectivity index (χ2v) is 11.2. The van der Waals surface area contributed by atoms with Crippen molar-refractivity contribution in [1.29, 1.82) is 0 Å². The Morgan fingerprint density at radius 1 is 0.805 bits per heavy atom. The van der Waals surface area contributed by atoms with Crippen LogP contribution in [0.15, 0.2) is 117 Å². The molecule has 0 saturated carbocycles. The summed E-state index contributed by atoms with van der Waals surface area (Å²) in [4.78, 5) is 10.5. The van der Waals surface area contributed by atoms with Gasteiger partial charge in [-0.15, -0.1) is 11.3 Å². The van der Waals surface area contributed by atoms with Crippen molar-refractivity contribution < 1.29 is 0 Å². The van der Waals surface area contributed by atoms with Crippen molar-refractivity contribution in [2.24, 2.45) is 0 Å². The molecule has 0 unspecified atom stereocenters. The summed E-state index contributed by atoms with van der Waals surface area (Å²) in [6.07, 6.45) is 3.70. The second kappa shape index (κ2) is 10.1. The third-order valence-corrected chi connectivity index (χ3v) is 8.54. The SMILES string of the molecule is C=C(Nc1cncc(-c2ccc3[nH]nc(-c4cc5c(-c6ccc(C(=C)C)s6)cccc5[nH]4)c3c2)c1)c1ccccc1. The van der Waals surface area contributed by atoms with Crippen LogP contribution in [0, 0.1) is 0 Å². The van der Waals surface area contributed by atoms with Crippen LogP contribution in [0.5, 0.6) is 0 Å². The highest BCUT2D eigenvalue weighted by Crippen LogP contribution is 2.38. The van der Waals surface area contributed by atoms with Crippen LogP contribution < -0.4 is 5.32 Å². The van der Waals surface area contributed by atoms with Gasteiger partial charge in [-0.1, -0.05) is 61.7 Å². The molecule has 198 valence electrons. The number of H-pyrrole nitrogens is 2. The summed E-state index contributed by atoms with van der Waals surface area (Å²) in [5.41, 5.74) is 11.0. The molecule has 0 atom stereocenters. The molecule has 0 aliphatic carbocycles. The van der Waals surface area contributed by atoms with Gasteiger partial charge in [0.25, 0.3) is 0 Å². The molecule has 7 aromatic rings. The molecule has 3 N–H and O–H groups in total. The molecule has 6 heteroatoms. The van der Waals surface area contributed by atoms with Gasteiger partial charge in [0.2, 0.25) is 0 Å². The molecule has 0 fully saturated rings. The van der Waals surface area contributed by atoms with Crippen molar-refractivity contribution in [3.63, 3.8) is 0 Å². The lowest BCUT2D eigenvalue weighted by molar-refractivity contribution is 1.12. The first kappa shape index (κ1) is 24.8. The summed E-state index contributed by atoms with van der Waals surface area (Å²) in [6, 6.07) is 31.4. The van der Waals surface area contributed by atoms with E-state index in [2.05, 4.69) is 94.2 Å². The van der Waals surface area contributed by atoms with Gasteiger partial charge in [0.05, 0.1) is 23.1 Å². The van der Waals surface area contributed by atoms with Gasteiger partial charge in [-0.25, -0.2) is 0 Å². The van der Waals surface area contributed by atoms with Gasteiger partial charge in [0, 0.05) is 49.1 Å². The Morgan fingerprint density at radius 2 is 1.68 bits per heavy atom. The zero-order chi connectivity index (χ0) is 27.9. The number of thiophene rings is 1. The Labute approximate surface area is 241 Å². The van der Waals surface area contributed by atoms with Gasteiger partial charge in [-0.2, -0.15) is 5.10 Å². The second-order valence-electron chi connectivity index (χ2n) is 10.2. The molecule has 0 radical (unpaired) electrons. The predicted molar refractivity (Wildman–Crippen MR) is 174 cm³/mol. The number of benzene rings is 3. The maximum Gasteiger partial charge on any atom is 0.116 e. The van der Waals surface area contributed by atoms with Crippen molar-refractivity contribution in [3.8, 4) is 33.0 Å². The van der Waals surface area contributed by atoms with Crippen LogP contribution in [0.1, 0.15) is 17.4 Å². The van der Waals surface area contributed by atoms with Crippen molar-refractivity contribution in [3.05, 3.63) is 127 Å². The fourth-order valence-corrected chi connectivity index (χ4v) is 6.13. The maximum absolute atomic E-state index is 4.71. The standard InChI is InChI=1S/C35H27N5S/c1-21(2)33-14-15-34(41-33)27-10-7-11-30-28(27)18-32(38-30)35-29-17-24(12-13-31(29)39-40-35)25-16-26(20-36-19-25)37-22(3)23-8-5-4-6-9-23/h4-20,37-38H,1,3H2,2H3,(H,39,40). The van der Waals surface area contributed by atoms with E-state index in [4.69, 9.17) is 5.10 Å². The first-order chi connectivity index (χ1) is 20.0. The van der Waals surface area contributed by atoms with Crippen LogP contribution in [0.4, 0.5) is 5.69 Å². The molecule has 0 aliphatic rings. The minimum absolute atomic E-state index is 0.828. The van der Waals surface area contributed by atoms with Gasteiger partial charge in [0.15, 0.2) is 0 Å². The van der Waals surface area contributed by atoms with E-state index in [0.717, 1.165) is 61.5 Å². The molecule has 7 rings (SSSR count). The summed E-state index contributed by atoms with van der Waals surface area (Å²) in [5.74, 6) is 0. The van der Waals surface area contributed by atoms with E-state index in [-0.39, 0.29) is 0 Å². The Morgan fingerprint density at radius 3 is 2.51 bits per heavy atom.